The summed E-state index contributed by atoms with van der Waals surface area (Å²) in [7, 11) is 0. The van der Waals surface area contributed by atoms with E-state index < -0.39 is 42.8 Å². The van der Waals surface area contributed by atoms with Crippen LogP contribution < -0.4 is 0 Å². The third kappa shape index (κ3) is 1.95. The summed E-state index contributed by atoms with van der Waals surface area (Å²) in [4.78, 5) is 10.6. The topological polar surface area (TPSA) is 148 Å². The SMILES string of the molecule is O=C(O)C1O[C@@](O)(CO)[C@@H](O)[C@H](O)[C@@H]1O. The molecule has 1 saturated heterocycles. The summed E-state index contributed by atoms with van der Waals surface area (Å²) in [5.74, 6) is -4.22. The summed E-state index contributed by atoms with van der Waals surface area (Å²) in [6, 6.07) is 0. The molecule has 5 atom stereocenters. The van der Waals surface area contributed by atoms with E-state index in [0.717, 1.165) is 0 Å². The van der Waals surface area contributed by atoms with Crippen LogP contribution in [-0.2, 0) is 9.53 Å². The minimum atomic E-state index is -2.60. The van der Waals surface area contributed by atoms with Crippen molar-refractivity contribution >= 4 is 5.97 Å². The third-order valence-corrected chi connectivity index (χ3v) is 2.25. The molecule has 6 N–H and O–H groups in total. The number of aliphatic carboxylic acids is 1. The van der Waals surface area contributed by atoms with Crippen molar-refractivity contribution < 1.29 is 40.2 Å². The molecular formula is C7H12O8. The number of aliphatic hydroxyl groups excluding tert-OH is 4. The van der Waals surface area contributed by atoms with Crippen molar-refractivity contribution in [3.8, 4) is 0 Å². The average Bonchev–Trinajstić information content (AvgIpc) is 2.20. The highest BCUT2D eigenvalue weighted by atomic mass is 16.7. The van der Waals surface area contributed by atoms with Gasteiger partial charge in [-0.3, -0.25) is 0 Å². The van der Waals surface area contributed by atoms with Gasteiger partial charge < -0.3 is 35.4 Å². The van der Waals surface area contributed by atoms with E-state index in [4.69, 9.17) is 10.2 Å². The Kier molecular flexibility index (Phi) is 3.28. The largest absolute Gasteiger partial charge is 0.479 e. The smallest absolute Gasteiger partial charge is 0.335 e. The van der Waals surface area contributed by atoms with Crippen LogP contribution in [0.2, 0.25) is 0 Å². The van der Waals surface area contributed by atoms with Gasteiger partial charge in [-0.1, -0.05) is 0 Å². The van der Waals surface area contributed by atoms with Crippen LogP contribution in [0.3, 0.4) is 0 Å². The molecule has 1 unspecified atom stereocenters. The van der Waals surface area contributed by atoms with Crippen molar-refractivity contribution in [1.29, 1.82) is 0 Å². The Balaban J connectivity index is 2.95. The first-order valence-corrected chi connectivity index (χ1v) is 4.11. The standard InChI is InChI=1S/C7H12O8/c8-1-7(14)5(11)3(10)2(9)4(15-7)6(12)13/h2-5,8-11,14H,1H2,(H,12,13)/t2-,3+,4?,5-,7-/m0/s1. The Morgan fingerprint density at radius 1 is 1.27 bits per heavy atom. The van der Waals surface area contributed by atoms with Crippen LogP contribution in [0.1, 0.15) is 0 Å². The number of hydrogen-bond donors (Lipinski definition) is 6. The van der Waals surface area contributed by atoms with Crippen LogP contribution in [0.15, 0.2) is 0 Å². The van der Waals surface area contributed by atoms with Crippen molar-refractivity contribution in [1.82, 2.24) is 0 Å². The molecule has 0 aromatic heterocycles. The minimum absolute atomic E-state index is 1.11. The second kappa shape index (κ2) is 4.00. The second-order valence-corrected chi connectivity index (χ2v) is 3.31. The van der Waals surface area contributed by atoms with Crippen LogP contribution in [0, 0.1) is 0 Å². The van der Waals surface area contributed by atoms with Crippen LogP contribution in [0.4, 0.5) is 0 Å². The van der Waals surface area contributed by atoms with Crippen LogP contribution in [0.5, 0.6) is 0 Å². The summed E-state index contributed by atoms with van der Waals surface area (Å²) in [6.07, 6.45) is -7.71. The molecule has 0 spiro atoms. The Labute approximate surface area is 84.0 Å². The summed E-state index contributed by atoms with van der Waals surface area (Å²) >= 11 is 0. The first kappa shape index (κ1) is 12.3. The zero-order valence-electron chi connectivity index (χ0n) is 7.52. The fourth-order valence-electron chi connectivity index (χ4n) is 1.32. The van der Waals surface area contributed by atoms with Gasteiger partial charge in [-0.05, 0) is 0 Å². The normalized spacial score (nSPS) is 46.5. The van der Waals surface area contributed by atoms with E-state index in [2.05, 4.69) is 4.74 Å². The summed E-state index contributed by atoms with van der Waals surface area (Å²) in [6.45, 7) is -1.11. The monoisotopic (exact) mass is 224 g/mol. The zero-order chi connectivity index (χ0) is 11.8. The van der Waals surface area contributed by atoms with E-state index in [-0.39, 0.29) is 0 Å². The van der Waals surface area contributed by atoms with E-state index in [1.807, 2.05) is 0 Å². The van der Waals surface area contributed by atoms with E-state index >= 15 is 0 Å². The van der Waals surface area contributed by atoms with Gasteiger partial charge in [0.05, 0.1) is 6.61 Å². The van der Waals surface area contributed by atoms with Crippen molar-refractivity contribution in [3.63, 3.8) is 0 Å². The van der Waals surface area contributed by atoms with Crippen molar-refractivity contribution in [2.75, 3.05) is 6.61 Å². The molecule has 0 radical (unpaired) electrons. The molecule has 8 heteroatoms. The van der Waals surface area contributed by atoms with Crippen LogP contribution in [0.25, 0.3) is 0 Å². The maximum atomic E-state index is 10.6. The lowest BCUT2D eigenvalue weighted by atomic mass is 9.93. The molecule has 0 bridgehead atoms. The minimum Gasteiger partial charge on any atom is -0.479 e. The Morgan fingerprint density at radius 2 is 1.80 bits per heavy atom. The van der Waals surface area contributed by atoms with Gasteiger partial charge in [0.2, 0.25) is 5.79 Å². The van der Waals surface area contributed by atoms with E-state index in [1.54, 1.807) is 0 Å². The molecule has 0 aromatic carbocycles. The molecule has 8 nitrogen and oxygen atoms in total. The van der Waals surface area contributed by atoms with Gasteiger partial charge in [-0.15, -0.1) is 0 Å². The molecule has 1 aliphatic rings. The van der Waals surface area contributed by atoms with Gasteiger partial charge in [0.15, 0.2) is 6.10 Å². The second-order valence-electron chi connectivity index (χ2n) is 3.31. The maximum absolute atomic E-state index is 10.6. The van der Waals surface area contributed by atoms with Crippen LogP contribution >= 0.6 is 0 Å². The third-order valence-electron chi connectivity index (χ3n) is 2.25. The van der Waals surface area contributed by atoms with E-state index in [1.165, 1.54) is 0 Å². The average molecular weight is 224 g/mol. The molecule has 1 heterocycles. The lowest BCUT2D eigenvalue weighted by Gasteiger charge is -2.43. The lowest BCUT2D eigenvalue weighted by Crippen LogP contribution is -2.67. The Bertz CT molecular complexity index is 255. The predicted molar refractivity (Wildman–Crippen MR) is 42.6 cm³/mol. The van der Waals surface area contributed by atoms with Gasteiger partial charge in [0.25, 0.3) is 0 Å². The first-order chi connectivity index (χ1) is 6.83. The summed E-state index contributed by atoms with van der Waals surface area (Å²) in [5.41, 5.74) is 0. The molecule has 15 heavy (non-hydrogen) atoms. The van der Waals surface area contributed by atoms with E-state index in [0.29, 0.717) is 0 Å². The number of carboxylic acids is 1. The molecule has 88 valence electrons. The van der Waals surface area contributed by atoms with Crippen molar-refractivity contribution in [2.24, 2.45) is 0 Å². The summed E-state index contributed by atoms with van der Waals surface area (Å²) < 4.78 is 4.43. The molecule has 0 saturated carbocycles. The first-order valence-electron chi connectivity index (χ1n) is 4.11. The number of aliphatic hydroxyl groups is 5. The fourth-order valence-corrected chi connectivity index (χ4v) is 1.32. The maximum Gasteiger partial charge on any atom is 0.335 e. The van der Waals surface area contributed by atoms with Gasteiger partial charge in [-0.25, -0.2) is 4.79 Å². The Morgan fingerprint density at radius 3 is 2.20 bits per heavy atom. The lowest BCUT2D eigenvalue weighted by molar-refractivity contribution is -0.350. The highest BCUT2D eigenvalue weighted by Gasteiger charge is 2.54. The molecule has 1 aliphatic heterocycles. The highest BCUT2D eigenvalue weighted by Crippen LogP contribution is 2.27. The van der Waals surface area contributed by atoms with Gasteiger partial charge in [0.1, 0.15) is 18.3 Å². The van der Waals surface area contributed by atoms with Gasteiger partial charge >= 0.3 is 5.97 Å². The van der Waals surface area contributed by atoms with Gasteiger partial charge in [0, 0.05) is 0 Å². The summed E-state index contributed by atoms with van der Waals surface area (Å²) in [5, 5.41) is 54.3. The molecule has 1 rings (SSSR count). The van der Waals surface area contributed by atoms with Crippen molar-refractivity contribution in [3.05, 3.63) is 0 Å². The van der Waals surface area contributed by atoms with E-state index in [9.17, 15) is 25.2 Å². The van der Waals surface area contributed by atoms with Crippen molar-refractivity contribution in [2.45, 2.75) is 30.2 Å². The van der Waals surface area contributed by atoms with Gasteiger partial charge in [-0.2, -0.15) is 0 Å². The fraction of sp³-hybridized carbons (Fsp3) is 0.857. The molecule has 0 aliphatic carbocycles. The predicted octanol–water partition coefficient (Wildman–Crippen LogP) is -3.77. The number of rotatable bonds is 2. The van der Waals surface area contributed by atoms with Crippen LogP contribution in [-0.4, -0.2) is 73.4 Å². The highest BCUT2D eigenvalue weighted by molar-refractivity contribution is 5.73. The molecular weight excluding hydrogens is 212 g/mol. The molecule has 0 aromatic rings. The number of hydrogen-bond acceptors (Lipinski definition) is 7. The molecule has 1 fully saturated rings. The molecule has 0 amide bonds. The Hall–Kier alpha value is -0.770. The zero-order valence-corrected chi connectivity index (χ0v) is 7.52. The number of ether oxygens (including phenoxy) is 1. The quantitative estimate of drug-likeness (QED) is 0.280. The number of carboxylic acid groups (broad SMARTS) is 1. The number of carbonyl (C=O) groups is 1.